The zero-order valence-electron chi connectivity index (χ0n) is 13.2. The maximum atomic E-state index is 12.4. The van der Waals surface area contributed by atoms with Gasteiger partial charge in [-0.25, -0.2) is 0 Å². The van der Waals surface area contributed by atoms with Gasteiger partial charge < -0.3 is 15.2 Å². The number of nitrogens with one attached hydrogen (secondary N) is 1. The predicted octanol–water partition coefficient (Wildman–Crippen LogP) is 3.20. The highest BCUT2D eigenvalue weighted by molar-refractivity contribution is 5.77. The fourth-order valence-electron chi connectivity index (χ4n) is 2.33. The molecule has 0 radical (unpaired) electrons. The topological polar surface area (TPSA) is 58.6 Å². The van der Waals surface area contributed by atoms with Crippen LogP contribution in [0.2, 0.25) is 0 Å². The van der Waals surface area contributed by atoms with Crippen molar-refractivity contribution < 1.29 is 23.4 Å². The smallest absolute Gasteiger partial charge is 0.387 e. The first-order valence-corrected chi connectivity index (χ1v) is 7.46. The van der Waals surface area contributed by atoms with Crippen molar-refractivity contribution in [2.45, 2.75) is 32.1 Å². The largest absolute Gasteiger partial charge is 0.434 e. The maximum absolute atomic E-state index is 12.4. The lowest BCUT2D eigenvalue weighted by Crippen LogP contribution is -2.32. The van der Waals surface area contributed by atoms with Crippen molar-refractivity contribution in [2.75, 3.05) is 0 Å². The molecule has 2 rings (SSSR count). The van der Waals surface area contributed by atoms with Gasteiger partial charge in [0.1, 0.15) is 5.75 Å². The van der Waals surface area contributed by atoms with Crippen molar-refractivity contribution in [3.63, 3.8) is 0 Å². The Morgan fingerprint density at radius 3 is 2.46 bits per heavy atom. The SMILES string of the molecule is CC(O)(CC(=O)NCc1ccccc1OC(F)F)c1ccccc1. The molecule has 0 spiro atoms. The molecule has 6 heteroatoms. The summed E-state index contributed by atoms with van der Waals surface area (Å²) in [4.78, 5) is 12.1. The Labute approximate surface area is 139 Å². The van der Waals surface area contributed by atoms with Gasteiger partial charge in [-0.15, -0.1) is 0 Å². The highest BCUT2D eigenvalue weighted by atomic mass is 19.3. The normalized spacial score (nSPS) is 13.4. The lowest BCUT2D eigenvalue weighted by Gasteiger charge is -2.23. The van der Waals surface area contributed by atoms with Crippen LogP contribution in [0, 0.1) is 0 Å². The molecule has 0 saturated carbocycles. The highest BCUT2D eigenvalue weighted by Crippen LogP contribution is 2.24. The molecule has 0 fully saturated rings. The molecular formula is C18H19F2NO3. The van der Waals surface area contributed by atoms with E-state index < -0.39 is 18.1 Å². The minimum absolute atomic E-state index is 0.0163. The molecule has 24 heavy (non-hydrogen) atoms. The van der Waals surface area contributed by atoms with Crippen LogP contribution in [0.5, 0.6) is 5.75 Å². The van der Waals surface area contributed by atoms with E-state index in [4.69, 9.17) is 0 Å². The van der Waals surface area contributed by atoms with E-state index in [0.29, 0.717) is 11.1 Å². The molecule has 0 heterocycles. The fraction of sp³-hybridized carbons (Fsp3) is 0.278. The minimum Gasteiger partial charge on any atom is -0.434 e. The number of para-hydroxylation sites is 1. The number of amides is 1. The fourth-order valence-corrected chi connectivity index (χ4v) is 2.33. The summed E-state index contributed by atoms with van der Waals surface area (Å²) >= 11 is 0. The van der Waals surface area contributed by atoms with Crippen molar-refractivity contribution in [2.24, 2.45) is 0 Å². The van der Waals surface area contributed by atoms with E-state index in [-0.39, 0.29) is 18.7 Å². The van der Waals surface area contributed by atoms with Crippen LogP contribution in [0.15, 0.2) is 54.6 Å². The van der Waals surface area contributed by atoms with Crippen LogP contribution in [0.1, 0.15) is 24.5 Å². The molecule has 0 bridgehead atoms. The van der Waals surface area contributed by atoms with Gasteiger partial charge in [-0.2, -0.15) is 8.78 Å². The molecule has 0 aliphatic rings. The summed E-state index contributed by atoms with van der Waals surface area (Å²) in [6.07, 6.45) is -0.144. The van der Waals surface area contributed by atoms with Crippen LogP contribution in [0.25, 0.3) is 0 Å². The zero-order chi connectivity index (χ0) is 17.6. The summed E-state index contributed by atoms with van der Waals surface area (Å²) in [6, 6.07) is 15.1. The second kappa shape index (κ2) is 7.88. The summed E-state index contributed by atoms with van der Waals surface area (Å²) in [6.45, 7) is -1.34. The number of alkyl halides is 2. The first-order chi connectivity index (χ1) is 11.4. The molecule has 0 aromatic heterocycles. The standard InChI is InChI=1S/C18H19F2NO3/c1-18(23,14-8-3-2-4-9-14)11-16(22)21-12-13-7-5-6-10-15(13)24-17(19)20/h2-10,17,23H,11-12H2,1H3,(H,21,22). The Morgan fingerprint density at radius 1 is 1.17 bits per heavy atom. The van der Waals surface area contributed by atoms with Gasteiger partial charge in [0, 0.05) is 12.1 Å². The second-order valence-corrected chi connectivity index (χ2v) is 5.58. The Bertz CT molecular complexity index is 675. The molecule has 2 aromatic rings. The van der Waals surface area contributed by atoms with Crippen LogP contribution >= 0.6 is 0 Å². The number of carbonyl (C=O) groups is 1. The number of ether oxygens (including phenoxy) is 1. The first-order valence-electron chi connectivity index (χ1n) is 7.46. The average Bonchev–Trinajstić information content (AvgIpc) is 2.54. The van der Waals surface area contributed by atoms with Crippen LogP contribution in [-0.2, 0) is 16.9 Å². The third-order valence-electron chi connectivity index (χ3n) is 3.57. The van der Waals surface area contributed by atoms with Crippen LogP contribution in [-0.4, -0.2) is 17.6 Å². The van der Waals surface area contributed by atoms with Gasteiger partial charge in [-0.05, 0) is 18.6 Å². The van der Waals surface area contributed by atoms with Gasteiger partial charge in [-0.3, -0.25) is 4.79 Å². The van der Waals surface area contributed by atoms with Gasteiger partial charge in [0.2, 0.25) is 5.91 Å². The molecule has 0 aliphatic carbocycles. The van der Waals surface area contributed by atoms with E-state index in [1.807, 2.05) is 6.07 Å². The lowest BCUT2D eigenvalue weighted by atomic mass is 9.92. The molecule has 4 nitrogen and oxygen atoms in total. The number of hydrogen-bond donors (Lipinski definition) is 2. The van der Waals surface area contributed by atoms with E-state index in [2.05, 4.69) is 10.1 Å². The van der Waals surface area contributed by atoms with Gasteiger partial charge in [0.05, 0.1) is 12.0 Å². The van der Waals surface area contributed by atoms with Crippen molar-refractivity contribution in [3.05, 3.63) is 65.7 Å². The molecule has 2 aromatic carbocycles. The zero-order valence-corrected chi connectivity index (χ0v) is 13.2. The van der Waals surface area contributed by atoms with Gasteiger partial charge in [-0.1, -0.05) is 48.5 Å². The number of carbonyl (C=O) groups excluding carboxylic acids is 1. The third-order valence-corrected chi connectivity index (χ3v) is 3.57. The minimum atomic E-state index is -2.93. The number of aliphatic hydroxyl groups is 1. The Hall–Kier alpha value is -2.47. The molecule has 128 valence electrons. The molecule has 1 atom stereocenters. The van der Waals surface area contributed by atoms with Crippen molar-refractivity contribution >= 4 is 5.91 Å². The quantitative estimate of drug-likeness (QED) is 0.817. The molecule has 0 aliphatic heterocycles. The van der Waals surface area contributed by atoms with Crippen molar-refractivity contribution in [1.29, 1.82) is 0 Å². The molecule has 1 unspecified atom stereocenters. The lowest BCUT2D eigenvalue weighted by molar-refractivity contribution is -0.126. The molecule has 1 amide bonds. The van der Waals surface area contributed by atoms with Crippen LogP contribution in [0.3, 0.4) is 0 Å². The Balaban J connectivity index is 1.97. The van der Waals surface area contributed by atoms with E-state index in [1.54, 1.807) is 49.4 Å². The summed E-state index contributed by atoms with van der Waals surface area (Å²) in [7, 11) is 0. The van der Waals surface area contributed by atoms with Gasteiger partial charge in [0.25, 0.3) is 0 Å². The third kappa shape index (κ3) is 5.03. The van der Waals surface area contributed by atoms with E-state index >= 15 is 0 Å². The first kappa shape index (κ1) is 17.9. The summed E-state index contributed by atoms with van der Waals surface area (Å²) in [5, 5.41) is 13.1. The Kier molecular flexibility index (Phi) is 5.87. The van der Waals surface area contributed by atoms with E-state index in [1.165, 1.54) is 6.07 Å². The van der Waals surface area contributed by atoms with Gasteiger partial charge in [0.15, 0.2) is 0 Å². The monoisotopic (exact) mass is 335 g/mol. The van der Waals surface area contributed by atoms with E-state index in [0.717, 1.165) is 0 Å². The maximum Gasteiger partial charge on any atom is 0.387 e. The summed E-state index contributed by atoms with van der Waals surface area (Å²) in [5.41, 5.74) is -0.253. The van der Waals surface area contributed by atoms with Crippen molar-refractivity contribution in [3.8, 4) is 5.75 Å². The number of halogens is 2. The van der Waals surface area contributed by atoms with Crippen molar-refractivity contribution in [1.82, 2.24) is 5.32 Å². The average molecular weight is 335 g/mol. The molecule has 2 N–H and O–H groups in total. The highest BCUT2D eigenvalue weighted by Gasteiger charge is 2.26. The predicted molar refractivity (Wildman–Crippen MR) is 85.6 cm³/mol. The van der Waals surface area contributed by atoms with Crippen LogP contribution < -0.4 is 10.1 Å². The summed E-state index contributed by atoms with van der Waals surface area (Å²) in [5.74, 6) is -0.377. The molecular weight excluding hydrogens is 316 g/mol. The van der Waals surface area contributed by atoms with E-state index in [9.17, 15) is 18.7 Å². The van der Waals surface area contributed by atoms with Crippen LogP contribution in [0.4, 0.5) is 8.78 Å². The Morgan fingerprint density at radius 2 is 1.79 bits per heavy atom. The number of benzene rings is 2. The molecule has 0 saturated heterocycles. The number of hydrogen-bond acceptors (Lipinski definition) is 3. The van der Waals surface area contributed by atoms with Gasteiger partial charge >= 0.3 is 6.61 Å². The second-order valence-electron chi connectivity index (χ2n) is 5.58. The number of rotatable bonds is 7. The summed E-state index contributed by atoms with van der Waals surface area (Å²) < 4.78 is 29.1.